The predicted octanol–water partition coefficient (Wildman–Crippen LogP) is 3.99. The van der Waals surface area contributed by atoms with E-state index in [-0.39, 0.29) is 5.97 Å². The lowest BCUT2D eigenvalue weighted by atomic mass is 10.1. The number of hydrogen-bond donors (Lipinski definition) is 0. The second-order valence-corrected chi connectivity index (χ2v) is 6.47. The Kier molecular flexibility index (Phi) is 3.39. The van der Waals surface area contributed by atoms with Crippen LogP contribution in [-0.4, -0.2) is 30.9 Å². The van der Waals surface area contributed by atoms with Gasteiger partial charge in [-0.2, -0.15) is 0 Å². The first-order chi connectivity index (χ1) is 10.8. The van der Waals surface area contributed by atoms with Crippen molar-refractivity contribution in [2.75, 3.05) is 20.3 Å². The SMILES string of the molecule is COC(=O)c1ccc2c3ccsc3n(C3CCOCC3)c2c1. The summed E-state index contributed by atoms with van der Waals surface area (Å²) in [5, 5.41) is 4.60. The molecule has 3 heterocycles. The van der Waals surface area contributed by atoms with Crippen LogP contribution in [0.25, 0.3) is 21.1 Å². The van der Waals surface area contributed by atoms with Crippen molar-refractivity contribution >= 4 is 38.4 Å². The van der Waals surface area contributed by atoms with Gasteiger partial charge in [-0.1, -0.05) is 6.07 Å². The summed E-state index contributed by atoms with van der Waals surface area (Å²) in [6.07, 6.45) is 2.03. The third-order valence-electron chi connectivity index (χ3n) is 4.39. The Labute approximate surface area is 132 Å². The van der Waals surface area contributed by atoms with Gasteiger partial charge in [0.2, 0.25) is 0 Å². The number of methoxy groups -OCH3 is 1. The second kappa shape index (κ2) is 5.41. The van der Waals surface area contributed by atoms with Gasteiger partial charge in [-0.25, -0.2) is 4.79 Å². The summed E-state index contributed by atoms with van der Waals surface area (Å²) >= 11 is 1.76. The highest BCUT2D eigenvalue weighted by molar-refractivity contribution is 7.17. The van der Waals surface area contributed by atoms with Gasteiger partial charge in [0, 0.05) is 30.0 Å². The van der Waals surface area contributed by atoms with E-state index < -0.39 is 0 Å². The third-order valence-corrected chi connectivity index (χ3v) is 5.30. The van der Waals surface area contributed by atoms with Crippen LogP contribution >= 0.6 is 11.3 Å². The molecule has 0 N–H and O–H groups in total. The van der Waals surface area contributed by atoms with E-state index >= 15 is 0 Å². The van der Waals surface area contributed by atoms with E-state index in [9.17, 15) is 4.79 Å². The molecule has 0 bridgehead atoms. The van der Waals surface area contributed by atoms with Crippen molar-refractivity contribution in [1.82, 2.24) is 4.57 Å². The van der Waals surface area contributed by atoms with E-state index in [1.807, 2.05) is 18.2 Å². The molecule has 5 heteroatoms. The van der Waals surface area contributed by atoms with Crippen LogP contribution in [-0.2, 0) is 9.47 Å². The topological polar surface area (TPSA) is 40.5 Å². The molecule has 1 saturated heterocycles. The Bertz CT molecular complexity index is 842. The molecule has 114 valence electrons. The van der Waals surface area contributed by atoms with E-state index in [4.69, 9.17) is 9.47 Å². The Balaban J connectivity index is 1.96. The van der Waals surface area contributed by atoms with Crippen LogP contribution in [0.3, 0.4) is 0 Å². The van der Waals surface area contributed by atoms with Crippen LogP contribution < -0.4 is 0 Å². The fourth-order valence-corrected chi connectivity index (χ4v) is 4.31. The van der Waals surface area contributed by atoms with Crippen molar-refractivity contribution < 1.29 is 14.3 Å². The van der Waals surface area contributed by atoms with Crippen molar-refractivity contribution in [3.05, 3.63) is 35.2 Å². The minimum absolute atomic E-state index is 0.287. The van der Waals surface area contributed by atoms with Gasteiger partial charge in [0.05, 0.1) is 18.2 Å². The average Bonchev–Trinajstić information content (AvgIpc) is 3.14. The van der Waals surface area contributed by atoms with Gasteiger partial charge in [-0.3, -0.25) is 0 Å². The number of aromatic nitrogens is 1. The summed E-state index contributed by atoms with van der Waals surface area (Å²) in [4.78, 5) is 13.1. The molecule has 0 radical (unpaired) electrons. The molecule has 1 fully saturated rings. The number of esters is 1. The molecule has 1 aromatic carbocycles. The summed E-state index contributed by atoms with van der Waals surface area (Å²) in [6.45, 7) is 1.60. The van der Waals surface area contributed by atoms with Crippen LogP contribution in [0, 0.1) is 0 Å². The Morgan fingerprint density at radius 1 is 1.27 bits per heavy atom. The maximum Gasteiger partial charge on any atom is 0.337 e. The highest BCUT2D eigenvalue weighted by atomic mass is 32.1. The first-order valence-corrected chi connectivity index (χ1v) is 8.35. The lowest BCUT2D eigenvalue weighted by molar-refractivity contribution is 0.0600. The fraction of sp³-hybridized carbons (Fsp3) is 0.353. The summed E-state index contributed by atoms with van der Waals surface area (Å²) in [7, 11) is 1.42. The van der Waals surface area contributed by atoms with E-state index in [1.165, 1.54) is 22.7 Å². The third kappa shape index (κ3) is 2.04. The van der Waals surface area contributed by atoms with Gasteiger partial charge >= 0.3 is 5.97 Å². The molecule has 0 amide bonds. The number of carbonyl (C=O) groups is 1. The van der Waals surface area contributed by atoms with E-state index in [1.54, 1.807) is 11.3 Å². The minimum atomic E-state index is -0.287. The van der Waals surface area contributed by atoms with Crippen molar-refractivity contribution in [2.24, 2.45) is 0 Å². The highest BCUT2D eigenvalue weighted by Gasteiger charge is 2.22. The molecule has 1 aliphatic heterocycles. The second-order valence-electron chi connectivity index (χ2n) is 5.58. The monoisotopic (exact) mass is 315 g/mol. The first kappa shape index (κ1) is 13.8. The molecule has 4 nitrogen and oxygen atoms in total. The van der Waals surface area contributed by atoms with Gasteiger partial charge < -0.3 is 14.0 Å². The summed E-state index contributed by atoms with van der Waals surface area (Å²) in [5.41, 5.74) is 1.73. The molecule has 1 aliphatic rings. The quantitative estimate of drug-likeness (QED) is 0.671. The molecular weight excluding hydrogens is 298 g/mol. The molecule has 0 unspecified atom stereocenters. The Hall–Kier alpha value is -1.85. The van der Waals surface area contributed by atoms with Crippen molar-refractivity contribution in [3.63, 3.8) is 0 Å². The maximum atomic E-state index is 11.8. The first-order valence-electron chi connectivity index (χ1n) is 7.47. The van der Waals surface area contributed by atoms with Crippen LogP contribution in [0.5, 0.6) is 0 Å². The smallest absolute Gasteiger partial charge is 0.337 e. The number of rotatable bonds is 2. The molecule has 0 atom stereocenters. The van der Waals surface area contributed by atoms with Crippen LogP contribution in [0.4, 0.5) is 0 Å². The molecular formula is C17H17NO3S. The zero-order valence-corrected chi connectivity index (χ0v) is 13.2. The molecule has 0 aliphatic carbocycles. The zero-order valence-electron chi connectivity index (χ0n) is 12.4. The van der Waals surface area contributed by atoms with E-state index in [0.29, 0.717) is 11.6 Å². The predicted molar refractivity (Wildman–Crippen MR) is 87.8 cm³/mol. The molecule has 3 aromatic rings. The summed E-state index contributed by atoms with van der Waals surface area (Å²) in [6, 6.07) is 8.44. The lowest BCUT2D eigenvalue weighted by Crippen LogP contribution is -2.19. The van der Waals surface area contributed by atoms with Crippen LogP contribution in [0.2, 0.25) is 0 Å². The number of carbonyl (C=O) groups excluding carboxylic acids is 1. The Morgan fingerprint density at radius 2 is 2.09 bits per heavy atom. The van der Waals surface area contributed by atoms with Gasteiger partial charge in [0.1, 0.15) is 4.83 Å². The largest absolute Gasteiger partial charge is 0.465 e. The van der Waals surface area contributed by atoms with Crippen LogP contribution in [0.15, 0.2) is 29.6 Å². The lowest BCUT2D eigenvalue weighted by Gasteiger charge is -2.25. The molecule has 2 aromatic heterocycles. The van der Waals surface area contributed by atoms with Gasteiger partial charge in [-0.15, -0.1) is 11.3 Å². The maximum absolute atomic E-state index is 11.8. The number of ether oxygens (including phenoxy) is 2. The Morgan fingerprint density at radius 3 is 2.86 bits per heavy atom. The van der Waals surface area contributed by atoms with Crippen LogP contribution in [0.1, 0.15) is 29.2 Å². The zero-order chi connectivity index (χ0) is 15.1. The van der Waals surface area contributed by atoms with Gasteiger partial charge in [-0.05, 0) is 36.4 Å². The molecule has 22 heavy (non-hydrogen) atoms. The number of benzene rings is 1. The van der Waals surface area contributed by atoms with E-state index in [0.717, 1.165) is 31.6 Å². The number of thiophene rings is 1. The van der Waals surface area contributed by atoms with Crippen molar-refractivity contribution in [3.8, 4) is 0 Å². The van der Waals surface area contributed by atoms with E-state index in [2.05, 4.69) is 16.0 Å². The standard InChI is InChI=1S/C17H17NO3S/c1-20-17(19)11-2-3-13-14-6-9-22-16(14)18(15(13)10-11)12-4-7-21-8-5-12/h2-3,6,9-10,12H,4-5,7-8H2,1H3. The fourth-order valence-electron chi connectivity index (χ4n) is 3.31. The van der Waals surface area contributed by atoms with Gasteiger partial charge in [0.25, 0.3) is 0 Å². The minimum Gasteiger partial charge on any atom is -0.465 e. The highest BCUT2D eigenvalue weighted by Crippen LogP contribution is 2.38. The normalized spacial score (nSPS) is 16.4. The van der Waals surface area contributed by atoms with Crippen molar-refractivity contribution in [2.45, 2.75) is 18.9 Å². The number of hydrogen-bond acceptors (Lipinski definition) is 4. The molecule has 0 spiro atoms. The number of fused-ring (bicyclic) bond motifs is 3. The molecule has 0 saturated carbocycles. The number of nitrogens with zero attached hydrogens (tertiary/aromatic N) is 1. The molecule has 4 rings (SSSR count). The van der Waals surface area contributed by atoms with Crippen molar-refractivity contribution in [1.29, 1.82) is 0 Å². The summed E-state index contributed by atoms with van der Waals surface area (Å²) in [5.74, 6) is -0.287. The summed E-state index contributed by atoms with van der Waals surface area (Å²) < 4.78 is 12.8. The van der Waals surface area contributed by atoms with Gasteiger partial charge in [0.15, 0.2) is 0 Å². The average molecular weight is 315 g/mol.